The van der Waals surface area contributed by atoms with Gasteiger partial charge in [-0.3, -0.25) is 9.36 Å². The summed E-state index contributed by atoms with van der Waals surface area (Å²) in [7, 11) is 3.01. The Labute approximate surface area is 99.3 Å². The van der Waals surface area contributed by atoms with Crippen LogP contribution >= 0.6 is 0 Å². The molecule has 1 atom stereocenters. The summed E-state index contributed by atoms with van der Waals surface area (Å²) in [5.41, 5.74) is -0.767. The second-order valence-electron chi connectivity index (χ2n) is 4.74. The molecule has 0 radical (unpaired) electrons. The van der Waals surface area contributed by atoms with Gasteiger partial charge in [0.05, 0.1) is 0 Å². The van der Waals surface area contributed by atoms with Gasteiger partial charge in [0.2, 0.25) is 5.82 Å². The van der Waals surface area contributed by atoms with Crippen LogP contribution in [0.15, 0.2) is 9.59 Å². The molecular formula is C11H18N4O2. The van der Waals surface area contributed by atoms with Gasteiger partial charge in [0.25, 0.3) is 5.56 Å². The predicted molar refractivity (Wildman–Crippen MR) is 65.1 cm³/mol. The van der Waals surface area contributed by atoms with Gasteiger partial charge in [-0.25, -0.2) is 9.48 Å². The fourth-order valence-corrected chi connectivity index (χ4v) is 2.06. The Hall–Kier alpha value is -1.59. The monoisotopic (exact) mass is 238 g/mol. The zero-order valence-electron chi connectivity index (χ0n) is 10.4. The lowest BCUT2D eigenvalue weighted by Gasteiger charge is -2.31. The molecule has 94 valence electrons. The second kappa shape index (κ2) is 4.35. The van der Waals surface area contributed by atoms with E-state index in [1.165, 1.54) is 31.0 Å². The Morgan fingerprint density at radius 1 is 1.35 bits per heavy atom. The lowest BCUT2D eigenvalue weighted by molar-refractivity contribution is 0.284. The summed E-state index contributed by atoms with van der Waals surface area (Å²) in [6.45, 7) is 2.05. The van der Waals surface area contributed by atoms with Crippen LogP contribution in [0.4, 0.5) is 5.82 Å². The van der Waals surface area contributed by atoms with Crippen molar-refractivity contribution in [3.8, 4) is 0 Å². The Morgan fingerprint density at radius 3 is 2.53 bits per heavy atom. The van der Waals surface area contributed by atoms with Crippen LogP contribution in [0.2, 0.25) is 0 Å². The predicted octanol–water partition coefficient (Wildman–Crippen LogP) is 0.0795. The molecule has 1 saturated carbocycles. The molecule has 1 unspecified atom stereocenters. The first-order chi connectivity index (χ1) is 8.00. The molecule has 1 aliphatic carbocycles. The fraction of sp³-hybridized carbons (Fsp3) is 0.727. The third-order valence-corrected chi connectivity index (χ3v) is 3.54. The van der Waals surface area contributed by atoms with Crippen molar-refractivity contribution in [2.45, 2.75) is 32.2 Å². The lowest BCUT2D eigenvalue weighted by Crippen LogP contribution is -2.42. The molecule has 1 aromatic heterocycles. The summed E-state index contributed by atoms with van der Waals surface area (Å²) in [5, 5.41) is 7.09. The molecule has 6 heteroatoms. The molecule has 2 rings (SSSR count). The average molecular weight is 238 g/mol. The SMILES string of the molecule is CC(Nc1nn(C)c(=O)n(C)c1=O)C1CCC1. The minimum Gasteiger partial charge on any atom is -0.361 e. The first-order valence-electron chi connectivity index (χ1n) is 5.91. The summed E-state index contributed by atoms with van der Waals surface area (Å²) >= 11 is 0. The van der Waals surface area contributed by atoms with Gasteiger partial charge in [-0.2, -0.15) is 0 Å². The summed E-state index contributed by atoms with van der Waals surface area (Å²) in [6, 6.07) is 0.224. The highest BCUT2D eigenvalue weighted by molar-refractivity contribution is 5.31. The van der Waals surface area contributed by atoms with Crippen LogP contribution in [-0.2, 0) is 14.1 Å². The molecule has 0 spiro atoms. The molecule has 1 aromatic rings. The molecule has 0 aromatic carbocycles. The Balaban J connectivity index is 2.27. The third-order valence-electron chi connectivity index (χ3n) is 3.54. The van der Waals surface area contributed by atoms with Crippen LogP contribution in [-0.4, -0.2) is 20.4 Å². The molecule has 0 bridgehead atoms. The number of hydrogen-bond donors (Lipinski definition) is 1. The fourth-order valence-electron chi connectivity index (χ4n) is 2.06. The quantitative estimate of drug-likeness (QED) is 0.809. The molecule has 1 heterocycles. The van der Waals surface area contributed by atoms with E-state index in [2.05, 4.69) is 17.3 Å². The Morgan fingerprint density at radius 2 is 2.00 bits per heavy atom. The number of hydrogen-bond acceptors (Lipinski definition) is 4. The maximum atomic E-state index is 11.8. The second-order valence-corrected chi connectivity index (χ2v) is 4.74. The van der Waals surface area contributed by atoms with E-state index in [4.69, 9.17) is 0 Å². The smallest absolute Gasteiger partial charge is 0.346 e. The number of nitrogens with zero attached hydrogens (tertiary/aromatic N) is 3. The normalized spacial score (nSPS) is 17.6. The molecule has 17 heavy (non-hydrogen) atoms. The van der Waals surface area contributed by atoms with Crippen LogP contribution in [0, 0.1) is 5.92 Å². The molecular weight excluding hydrogens is 220 g/mol. The van der Waals surface area contributed by atoms with E-state index in [1.807, 2.05) is 0 Å². The maximum absolute atomic E-state index is 11.8. The first kappa shape index (κ1) is 11.9. The minimum absolute atomic E-state index is 0.224. The molecule has 0 saturated heterocycles. The standard InChI is InChI=1S/C11H18N4O2/c1-7(8-5-4-6-8)12-9-10(16)14(2)11(17)15(3)13-9/h7-8H,4-6H2,1-3H3,(H,12,13). The van der Waals surface area contributed by atoms with Gasteiger partial charge in [0, 0.05) is 20.1 Å². The van der Waals surface area contributed by atoms with Crippen molar-refractivity contribution in [1.82, 2.24) is 14.3 Å². The zero-order valence-corrected chi connectivity index (χ0v) is 10.4. The summed E-state index contributed by atoms with van der Waals surface area (Å²) in [6.07, 6.45) is 3.65. The van der Waals surface area contributed by atoms with Crippen molar-refractivity contribution in [3.05, 3.63) is 20.8 Å². The van der Waals surface area contributed by atoms with E-state index in [1.54, 1.807) is 7.05 Å². The molecule has 1 N–H and O–H groups in total. The van der Waals surface area contributed by atoms with E-state index in [0.717, 1.165) is 4.57 Å². The van der Waals surface area contributed by atoms with Crippen molar-refractivity contribution in [2.75, 3.05) is 5.32 Å². The van der Waals surface area contributed by atoms with Gasteiger partial charge in [-0.15, -0.1) is 5.10 Å². The Kier molecular flexibility index (Phi) is 3.04. The minimum atomic E-state index is -0.406. The van der Waals surface area contributed by atoms with E-state index < -0.39 is 5.69 Å². The highest BCUT2D eigenvalue weighted by Gasteiger charge is 2.25. The number of aromatic nitrogens is 3. The highest BCUT2D eigenvalue weighted by Crippen LogP contribution is 2.30. The number of anilines is 1. The van der Waals surface area contributed by atoms with Crippen molar-refractivity contribution >= 4 is 5.82 Å². The van der Waals surface area contributed by atoms with Gasteiger partial charge in [-0.05, 0) is 25.7 Å². The molecule has 1 fully saturated rings. The van der Waals surface area contributed by atoms with E-state index >= 15 is 0 Å². The van der Waals surface area contributed by atoms with E-state index in [9.17, 15) is 9.59 Å². The average Bonchev–Trinajstić information content (AvgIpc) is 2.20. The maximum Gasteiger partial charge on any atom is 0.346 e. The van der Waals surface area contributed by atoms with Crippen LogP contribution < -0.4 is 16.6 Å². The van der Waals surface area contributed by atoms with Crippen LogP contribution in [0.3, 0.4) is 0 Å². The highest BCUT2D eigenvalue weighted by atomic mass is 16.2. The summed E-state index contributed by atoms with van der Waals surface area (Å²) < 4.78 is 2.25. The third kappa shape index (κ3) is 2.11. The summed E-state index contributed by atoms with van der Waals surface area (Å²) in [4.78, 5) is 23.3. The Bertz CT molecular complexity index is 527. The number of rotatable bonds is 3. The topological polar surface area (TPSA) is 68.9 Å². The molecule has 1 aliphatic rings. The molecule has 0 amide bonds. The van der Waals surface area contributed by atoms with Crippen LogP contribution in [0.5, 0.6) is 0 Å². The van der Waals surface area contributed by atoms with E-state index in [0.29, 0.717) is 5.92 Å². The molecule has 6 nitrogen and oxygen atoms in total. The lowest BCUT2D eigenvalue weighted by atomic mass is 9.80. The number of nitrogens with one attached hydrogen (secondary N) is 1. The van der Waals surface area contributed by atoms with Gasteiger partial charge in [0.15, 0.2) is 0 Å². The molecule has 0 aliphatic heterocycles. The van der Waals surface area contributed by atoms with Gasteiger partial charge >= 0.3 is 5.69 Å². The number of aryl methyl sites for hydroxylation is 1. The summed E-state index contributed by atoms with van der Waals surface area (Å²) in [5.74, 6) is 0.868. The van der Waals surface area contributed by atoms with Gasteiger partial charge in [-0.1, -0.05) is 6.42 Å². The first-order valence-corrected chi connectivity index (χ1v) is 5.91. The van der Waals surface area contributed by atoms with Crippen molar-refractivity contribution in [1.29, 1.82) is 0 Å². The van der Waals surface area contributed by atoms with Crippen molar-refractivity contribution in [3.63, 3.8) is 0 Å². The zero-order chi connectivity index (χ0) is 12.6. The van der Waals surface area contributed by atoms with Crippen LogP contribution in [0.1, 0.15) is 26.2 Å². The van der Waals surface area contributed by atoms with E-state index in [-0.39, 0.29) is 17.4 Å². The van der Waals surface area contributed by atoms with Gasteiger partial charge < -0.3 is 5.32 Å². The largest absolute Gasteiger partial charge is 0.361 e. The van der Waals surface area contributed by atoms with Crippen LogP contribution in [0.25, 0.3) is 0 Å². The van der Waals surface area contributed by atoms with Crippen molar-refractivity contribution < 1.29 is 0 Å². The van der Waals surface area contributed by atoms with Gasteiger partial charge in [0.1, 0.15) is 0 Å². The van der Waals surface area contributed by atoms with Crippen molar-refractivity contribution in [2.24, 2.45) is 20.0 Å².